The van der Waals surface area contributed by atoms with Gasteiger partial charge in [0.1, 0.15) is 42.7 Å². The molecule has 7 rings (SSSR count). The molecule has 0 aromatic rings. The number of aliphatic hydroxyl groups is 7. The van der Waals surface area contributed by atoms with E-state index in [1.165, 1.54) is 5.57 Å². The second kappa shape index (κ2) is 14.2. The van der Waals surface area contributed by atoms with Crippen molar-refractivity contribution in [3.63, 3.8) is 0 Å². The van der Waals surface area contributed by atoms with Gasteiger partial charge < -0.3 is 59.8 Å². The Balaban J connectivity index is 1.16. The number of carbonyl (C=O) groups is 2. The van der Waals surface area contributed by atoms with Gasteiger partial charge in [-0.15, -0.1) is 0 Å². The van der Waals surface area contributed by atoms with Crippen molar-refractivity contribution in [2.45, 2.75) is 180 Å². The number of ether oxygens (including phenoxy) is 4. The van der Waals surface area contributed by atoms with E-state index in [2.05, 4.69) is 54.5 Å². The van der Waals surface area contributed by atoms with Crippen molar-refractivity contribution >= 4 is 11.9 Å². The van der Waals surface area contributed by atoms with Crippen LogP contribution < -0.4 is 0 Å². The van der Waals surface area contributed by atoms with Gasteiger partial charge in [0.15, 0.2) is 12.4 Å². The summed E-state index contributed by atoms with van der Waals surface area (Å²) in [6.45, 7) is 15.5. The highest BCUT2D eigenvalue weighted by Gasteiger charge is 2.70. The second-order valence-electron chi connectivity index (χ2n) is 20.7. The van der Waals surface area contributed by atoms with Gasteiger partial charge in [0.05, 0.1) is 18.1 Å². The highest BCUT2D eigenvalue weighted by Crippen LogP contribution is 2.76. The van der Waals surface area contributed by atoms with Crippen LogP contribution >= 0.6 is 0 Å². The molecule has 318 valence electrons. The maximum atomic E-state index is 14.6. The molecular formula is C42H66O14. The SMILES string of the molecule is CC1(C)CC[C@]2(C(=O)O[C@@H]3O[C@H](CO)[C@@H](O)[C@H](O)[C@H]3O)CC[C@@]3(C)C(=CC[C@@H]4[C@@]5(C)CC[C@H](O[C@@H]6O[C@H](C(=O)O)[C@@H](O)[C@H](O)[C@H]6O)C(C)(C)[C@@H]5CC[C@]43C)[C@@H]2C1. The van der Waals surface area contributed by atoms with Gasteiger partial charge in [-0.05, 0) is 109 Å². The first-order valence-electron chi connectivity index (χ1n) is 20.8. The zero-order chi connectivity index (χ0) is 41.1. The number of allylic oxidation sites excluding steroid dienone is 2. The Morgan fingerprint density at radius 3 is 2.05 bits per heavy atom. The van der Waals surface area contributed by atoms with E-state index in [1.54, 1.807) is 0 Å². The number of fused-ring (bicyclic) bond motifs is 7. The smallest absolute Gasteiger partial charge is 0.335 e. The van der Waals surface area contributed by atoms with Crippen molar-refractivity contribution in [1.29, 1.82) is 0 Å². The van der Waals surface area contributed by atoms with Crippen LogP contribution in [0.3, 0.4) is 0 Å². The Morgan fingerprint density at radius 2 is 1.39 bits per heavy atom. The molecule has 0 aromatic carbocycles. The number of carboxylic acids is 1. The number of rotatable bonds is 6. The first kappa shape index (κ1) is 42.4. The van der Waals surface area contributed by atoms with Crippen molar-refractivity contribution in [3.05, 3.63) is 11.6 Å². The van der Waals surface area contributed by atoms with Crippen molar-refractivity contribution in [2.75, 3.05) is 6.61 Å². The van der Waals surface area contributed by atoms with Crippen LogP contribution in [0, 0.1) is 50.2 Å². The molecule has 56 heavy (non-hydrogen) atoms. The summed E-state index contributed by atoms with van der Waals surface area (Å²) in [5.41, 5.74) is -0.448. The van der Waals surface area contributed by atoms with Crippen molar-refractivity contribution in [3.8, 4) is 0 Å². The van der Waals surface area contributed by atoms with Gasteiger partial charge in [0.2, 0.25) is 6.29 Å². The normalized spacial score (nSPS) is 52.3. The third kappa shape index (κ3) is 6.17. The summed E-state index contributed by atoms with van der Waals surface area (Å²) in [7, 11) is 0. The molecule has 0 radical (unpaired) electrons. The topological polar surface area (TPSA) is 233 Å². The standard InChI is InChI=1S/C42H66O14/c1-37(2)14-16-42(36(52)56-34-30(48)27(45)26(44)22(19-43)53-34)17-15-40(6)20(21(42)18-37)8-9-24-39(5)12-11-25(38(3,4)23(39)10-13-41(24,40)7)54-35-31(49)28(46)29(47)32(55-35)33(50)51/h8,21-32,34-35,43-49H,9-19H2,1-7H3,(H,50,51)/t21-,22+,23-,24+,25-,26+,27-,28-,29-,30+,31+,32-,34-,35+,39-,40-,41+,42-/m0/s1. The van der Waals surface area contributed by atoms with E-state index in [1.807, 2.05) is 0 Å². The summed E-state index contributed by atoms with van der Waals surface area (Å²) in [5.74, 6) is -1.52. The first-order chi connectivity index (χ1) is 26.0. The number of carbonyl (C=O) groups excluding carboxylic acids is 1. The van der Waals surface area contributed by atoms with E-state index >= 15 is 0 Å². The average molecular weight is 795 g/mol. The maximum Gasteiger partial charge on any atom is 0.335 e. The maximum absolute atomic E-state index is 14.6. The summed E-state index contributed by atoms with van der Waals surface area (Å²) in [5, 5.41) is 82.4. The molecule has 8 N–H and O–H groups in total. The molecule has 0 spiro atoms. The number of esters is 1. The number of hydrogen-bond acceptors (Lipinski definition) is 13. The van der Waals surface area contributed by atoms with Gasteiger partial charge in [0.25, 0.3) is 0 Å². The summed E-state index contributed by atoms with van der Waals surface area (Å²) in [6, 6.07) is 0. The van der Waals surface area contributed by atoms with Gasteiger partial charge in [0, 0.05) is 0 Å². The van der Waals surface area contributed by atoms with Gasteiger partial charge in [-0.2, -0.15) is 0 Å². The van der Waals surface area contributed by atoms with Gasteiger partial charge in [-0.3, -0.25) is 4.79 Å². The van der Waals surface area contributed by atoms with Gasteiger partial charge >= 0.3 is 11.9 Å². The van der Waals surface area contributed by atoms with Crippen molar-refractivity contribution in [2.24, 2.45) is 50.2 Å². The van der Waals surface area contributed by atoms with E-state index in [9.17, 15) is 50.4 Å². The largest absolute Gasteiger partial charge is 0.479 e. The van der Waals surface area contributed by atoms with Crippen LogP contribution in [0.15, 0.2) is 11.6 Å². The molecule has 0 unspecified atom stereocenters. The van der Waals surface area contributed by atoms with Crippen LogP contribution in [0.4, 0.5) is 0 Å². The first-order valence-corrected chi connectivity index (χ1v) is 20.8. The van der Waals surface area contributed by atoms with Crippen LogP contribution in [0.25, 0.3) is 0 Å². The molecule has 0 bridgehead atoms. The monoisotopic (exact) mass is 794 g/mol. The second-order valence-corrected chi connectivity index (χ2v) is 20.7. The molecule has 7 aliphatic rings. The molecule has 2 heterocycles. The molecule has 2 aliphatic heterocycles. The van der Waals surface area contributed by atoms with Crippen LogP contribution in [0.2, 0.25) is 0 Å². The Morgan fingerprint density at radius 1 is 0.750 bits per heavy atom. The minimum atomic E-state index is -1.79. The van der Waals surface area contributed by atoms with Gasteiger partial charge in [-0.25, -0.2) is 4.79 Å². The lowest BCUT2D eigenvalue weighted by Crippen LogP contribution is -2.66. The molecule has 18 atom stereocenters. The Hall–Kier alpha value is -1.72. The zero-order valence-corrected chi connectivity index (χ0v) is 34.0. The van der Waals surface area contributed by atoms with E-state index in [0.29, 0.717) is 25.2 Å². The number of carboxylic acid groups (broad SMARTS) is 1. The quantitative estimate of drug-likeness (QED) is 0.110. The summed E-state index contributed by atoms with van der Waals surface area (Å²) >= 11 is 0. The molecule has 14 nitrogen and oxygen atoms in total. The molecule has 14 heteroatoms. The highest BCUT2D eigenvalue weighted by atomic mass is 16.7. The fourth-order valence-electron chi connectivity index (χ4n) is 13.5. The Kier molecular flexibility index (Phi) is 10.8. The molecular weight excluding hydrogens is 728 g/mol. The van der Waals surface area contributed by atoms with Crippen molar-refractivity contribution < 1.29 is 69.4 Å². The van der Waals surface area contributed by atoms with E-state index in [0.717, 1.165) is 44.9 Å². The summed E-state index contributed by atoms with van der Waals surface area (Å²) < 4.78 is 23.5. The predicted octanol–water partition coefficient (Wildman–Crippen LogP) is 2.41. The molecule has 4 saturated carbocycles. The van der Waals surface area contributed by atoms with Crippen LogP contribution in [-0.4, -0.2) is 127 Å². The fraction of sp³-hybridized carbons (Fsp3) is 0.905. The lowest BCUT2D eigenvalue weighted by molar-refractivity contribution is -0.324. The van der Waals surface area contributed by atoms with E-state index in [4.69, 9.17) is 18.9 Å². The average Bonchev–Trinajstić information content (AvgIpc) is 3.12. The minimum Gasteiger partial charge on any atom is -0.479 e. The number of hydrogen-bond donors (Lipinski definition) is 8. The number of aliphatic hydroxyl groups excluding tert-OH is 7. The van der Waals surface area contributed by atoms with Crippen molar-refractivity contribution in [1.82, 2.24) is 0 Å². The molecule has 2 saturated heterocycles. The fourth-order valence-corrected chi connectivity index (χ4v) is 13.5. The summed E-state index contributed by atoms with van der Waals surface area (Å²) in [4.78, 5) is 26.4. The molecule has 6 fully saturated rings. The van der Waals surface area contributed by atoms with E-state index in [-0.39, 0.29) is 33.5 Å². The summed E-state index contributed by atoms with van der Waals surface area (Å²) in [6.07, 6.45) is -6.14. The Labute approximate surface area is 329 Å². The third-order valence-electron chi connectivity index (χ3n) is 17.2. The van der Waals surface area contributed by atoms with Crippen LogP contribution in [0.1, 0.15) is 113 Å². The highest BCUT2D eigenvalue weighted by molar-refractivity contribution is 5.79. The third-order valence-corrected chi connectivity index (χ3v) is 17.2. The van der Waals surface area contributed by atoms with Crippen LogP contribution in [0.5, 0.6) is 0 Å². The van der Waals surface area contributed by atoms with Gasteiger partial charge in [-0.1, -0.05) is 60.1 Å². The zero-order valence-electron chi connectivity index (χ0n) is 34.0. The molecule has 0 aromatic heterocycles. The lowest BCUT2D eigenvalue weighted by Gasteiger charge is -2.71. The van der Waals surface area contributed by atoms with Crippen LogP contribution in [-0.2, 0) is 28.5 Å². The Bertz CT molecular complexity index is 1560. The van der Waals surface area contributed by atoms with E-state index < -0.39 is 96.9 Å². The minimum absolute atomic E-state index is 0.0330. The lowest BCUT2D eigenvalue weighted by atomic mass is 9.33. The predicted molar refractivity (Wildman–Crippen MR) is 198 cm³/mol. The molecule has 5 aliphatic carbocycles. The number of aliphatic carboxylic acids is 1. The molecule has 0 amide bonds.